The Morgan fingerprint density at radius 2 is 2.29 bits per heavy atom. The zero-order chi connectivity index (χ0) is 12.5. The fourth-order valence-corrected chi connectivity index (χ4v) is 2.86. The molecule has 1 atom stereocenters. The Morgan fingerprint density at radius 3 is 2.88 bits per heavy atom. The molecule has 2 rings (SSSR count). The van der Waals surface area contributed by atoms with Gasteiger partial charge in [0.25, 0.3) is 0 Å². The van der Waals surface area contributed by atoms with E-state index in [-0.39, 0.29) is 6.04 Å². The summed E-state index contributed by atoms with van der Waals surface area (Å²) >= 11 is 0. The molecule has 1 aromatic heterocycles. The van der Waals surface area contributed by atoms with Crippen molar-refractivity contribution in [1.82, 2.24) is 9.29 Å². The van der Waals surface area contributed by atoms with Gasteiger partial charge < -0.3 is 5.32 Å². The van der Waals surface area contributed by atoms with E-state index in [1.807, 2.05) is 19.1 Å². The largest absolute Gasteiger partial charge is 0.366 e. The van der Waals surface area contributed by atoms with Crippen LogP contribution in [0.3, 0.4) is 0 Å². The molecule has 6 heteroatoms. The average Bonchev–Trinajstić information content (AvgIpc) is 2.65. The lowest BCUT2D eigenvalue weighted by atomic mass is 10.2. The van der Waals surface area contributed by atoms with Crippen LogP contribution >= 0.6 is 0 Å². The number of hydrogen-bond acceptors (Lipinski definition) is 4. The number of aromatic nitrogens is 1. The second-order valence-corrected chi connectivity index (χ2v) is 6.45. The third-order valence-corrected chi connectivity index (χ3v) is 4.16. The van der Waals surface area contributed by atoms with Crippen molar-refractivity contribution in [3.63, 3.8) is 0 Å². The van der Waals surface area contributed by atoms with Gasteiger partial charge in [-0.15, -0.1) is 0 Å². The van der Waals surface area contributed by atoms with E-state index >= 15 is 0 Å². The zero-order valence-corrected chi connectivity index (χ0v) is 10.9. The Hall–Kier alpha value is -1.14. The minimum absolute atomic E-state index is 0.152. The third kappa shape index (κ3) is 3.17. The molecule has 2 heterocycles. The number of pyridine rings is 1. The first kappa shape index (κ1) is 12.3. The number of nitrogens with one attached hydrogen (secondary N) is 1. The van der Waals surface area contributed by atoms with Gasteiger partial charge in [-0.05, 0) is 31.0 Å². The Labute approximate surface area is 102 Å². The van der Waals surface area contributed by atoms with Crippen molar-refractivity contribution in [1.29, 1.82) is 0 Å². The molecule has 1 saturated heterocycles. The van der Waals surface area contributed by atoms with Gasteiger partial charge in [0.05, 0.1) is 6.26 Å². The molecule has 0 spiro atoms. The summed E-state index contributed by atoms with van der Waals surface area (Å²) in [6.45, 7) is 3.11. The lowest BCUT2D eigenvalue weighted by molar-refractivity contribution is 0.480. The summed E-state index contributed by atoms with van der Waals surface area (Å²) in [6.07, 6.45) is 3.82. The maximum Gasteiger partial charge on any atom is 0.211 e. The van der Waals surface area contributed by atoms with Crippen molar-refractivity contribution in [2.75, 3.05) is 24.7 Å². The Kier molecular flexibility index (Phi) is 3.35. The number of nitrogens with zero attached hydrogens (tertiary/aromatic N) is 2. The lowest BCUT2D eigenvalue weighted by Gasteiger charge is -2.15. The molecule has 0 amide bonds. The highest BCUT2D eigenvalue weighted by Gasteiger charge is 2.28. The summed E-state index contributed by atoms with van der Waals surface area (Å²) in [5.74, 6) is 0.811. The zero-order valence-electron chi connectivity index (χ0n) is 10.0. The number of rotatable bonds is 3. The summed E-state index contributed by atoms with van der Waals surface area (Å²) in [4.78, 5) is 4.21. The first-order valence-electron chi connectivity index (χ1n) is 5.59. The Morgan fingerprint density at radius 1 is 1.53 bits per heavy atom. The number of sulfonamides is 1. The Bertz CT molecular complexity index is 501. The van der Waals surface area contributed by atoms with Gasteiger partial charge in [-0.25, -0.2) is 17.7 Å². The fraction of sp³-hybridized carbons (Fsp3) is 0.545. The topological polar surface area (TPSA) is 62.3 Å². The van der Waals surface area contributed by atoms with E-state index in [0.29, 0.717) is 13.1 Å². The molecule has 0 bridgehead atoms. The highest BCUT2D eigenvalue weighted by molar-refractivity contribution is 7.88. The van der Waals surface area contributed by atoms with Crippen LogP contribution in [0.1, 0.15) is 12.0 Å². The maximum atomic E-state index is 11.4. The highest BCUT2D eigenvalue weighted by Crippen LogP contribution is 2.16. The minimum Gasteiger partial charge on any atom is -0.366 e. The Balaban J connectivity index is 1.99. The van der Waals surface area contributed by atoms with Crippen LogP contribution in [0.5, 0.6) is 0 Å². The summed E-state index contributed by atoms with van der Waals surface area (Å²) in [7, 11) is -3.06. The van der Waals surface area contributed by atoms with Crippen LogP contribution < -0.4 is 5.32 Å². The van der Waals surface area contributed by atoms with Crippen LogP contribution in [0.15, 0.2) is 18.3 Å². The number of aryl methyl sites for hydroxylation is 1. The maximum absolute atomic E-state index is 11.4. The van der Waals surface area contributed by atoms with E-state index in [0.717, 1.165) is 17.8 Å². The number of anilines is 1. The molecule has 1 fully saturated rings. The highest BCUT2D eigenvalue weighted by atomic mass is 32.2. The quantitative estimate of drug-likeness (QED) is 0.869. The second-order valence-electron chi connectivity index (χ2n) is 4.47. The first-order chi connectivity index (χ1) is 7.95. The minimum atomic E-state index is -3.06. The molecule has 1 aliphatic heterocycles. The van der Waals surface area contributed by atoms with Crippen molar-refractivity contribution in [2.45, 2.75) is 19.4 Å². The lowest BCUT2D eigenvalue weighted by Crippen LogP contribution is -2.30. The molecule has 17 heavy (non-hydrogen) atoms. The van der Waals surface area contributed by atoms with Crippen molar-refractivity contribution >= 4 is 15.8 Å². The molecular weight excluding hydrogens is 238 g/mol. The van der Waals surface area contributed by atoms with Gasteiger partial charge in [-0.2, -0.15) is 0 Å². The molecule has 94 valence electrons. The molecule has 0 radical (unpaired) electrons. The first-order valence-corrected chi connectivity index (χ1v) is 7.44. The van der Waals surface area contributed by atoms with Gasteiger partial charge in [0.1, 0.15) is 5.82 Å². The molecule has 1 unspecified atom stereocenters. The van der Waals surface area contributed by atoms with Crippen LogP contribution in [-0.2, 0) is 10.0 Å². The van der Waals surface area contributed by atoms with Gasteiger partial charge in [0.15, 0.2) is 0 Å². The molecule has 0 aromatic carbocycles. The van der Waals surface area contributed by atoms with E-state index < -0.39 is 10.0 Å². The molecule has 1 aliphatic rings. The molecule has 1 aromatic rings. The second kappa shape index (κ2) is 4.62. The molecule has 0 aliphatic carbocycles. The molecule has 5 nitrogen and oxygen atoms in total. The van der Waals surface area contributed by atoms with E-state index in [2.05, 4.69) is 10.3 Å². The van der Waals surface area contributed by atoms with Crippen molar-refractivity contribution in [2.24, 2.45) is 0 Å². The molecule has 0 saturated carbocycles. The van der Waals surface area contributed by atoms with Crippen molar-refractivity contribution in [3.8, 4) is 0 Å². The van der Waals surface area contributed by atoms with Gasteiger partial charge in [-0.3, -0.25) is 0 Å². The number of hydrogen-bond donors (Lipinski definition) is 1. The predicted octanol–water partition coefficient (Wildman–Crippen LogP) is 0.836. The standard InChI is InChI=1S/C11H17N3O2S/c1-9-3-5-12-11(7-9)13-10-4-6-14(8-10)17(2,15)16/h3,5,7,10H,4,6,8H2,1-2H3,(H,12,13). The van der Waals surface area contributed by atoms with E-state index in [4.69, 9.17) is 0 Å². The SMILES string of the molecule is Cc1ccnc(NC2CCN(S(C)(=O)=O)C2)c1. The van der Waals surface area contributed by atoms with Crippen molar-refractivity contribution < 1.29 is 8.42 Å². The van der Waals surface area contributed by atoms with Crippen LogP contribution in [0.2, 0.25) is 0 Å². The summed E-state index contributed by atoms with van der Waals surface area (Å²) < 4.78 is 24.2. The van der Waals surface area contributed by atoms with Gasteiger partial charge >= 0.3 is 0 Å². The van der Waals surface area contributed by atoms with Crippen molar-refractivity contribution in [3.05, 3.63) is 23.9 Å². The van der Waals surface area contributed by atoms with E-state index in [9.17, 15) is 8.42 Å². The normalized spacial score (nSPS) is 21.6. The van der Waals surface area contributed by atoms with Crippen LogP contribution in [0, 0.1) is 6.92 Å². The van der Waals surface area contributed by atoms with Gasteiger partial charge in [0, 0.05) is 25.3 Å². The van der Waals surface area contributed by atoms with Gasteiger partial charge in [0.2, 0.25) is 10.0 Å². The smallest absolute Gasteiger partial charge is 0.211 e. The summed E-state index contributed by atoms with van der Waals surface area (Å²) in [5, 5.41) is 3.27. The van der Waals surface area contributed by atoms with Crippen LogP contribution in [-0.4, -0.2) is 43.1 Å². The monoisotopic (exact) mass is 255 g/mol. The summed E-state index contributed by atoms with van der Waals surface area (Å²) in [6, 6.07) is 4.05. The van der Waals surface area contributed by atoms with Crippen LogP contribution in [0.4, 0.5) is 5.82 Å². The molecular formula is C11H17N3O2S. The summed E-state index contributed by atoms with van der Waals surface area (Å²) in [5.41, 5.74) is 1.14. The predicted molar refractivity (Wildman–Crippen MR) is 67.4 cm³/mol. The average molecular weight is 255 g/mol. The van der Waals surface area contributed by atoms with E-state index in [1.165, 1.54) is 10.6 Å². The fourth-order valence-electron chi connectivity index (χ4n) is 1.97. The molecule has 1 N–H and O–H groups in total. The third-order valence-electron chi connectivity index (χ3n) is 2.89. The van der Waals surface area contributed by atoms with Crippen LogP contribution in [0.25, 0.3) is 0 Å². The van der Waals surface area contributed by atoms with Gasteiger partial charge in [-0.1, -0.05) is 0 Å². The van der Waals surface area contributed by atoms with E-state index in [1.54, 1.807) is 6.20 Å².